The van der Waals surface area contributed by atoms with Crippen LogP contribution in [-0.2, 0) is 16.1 Å². The third kappa shape index (κ3) is 5.98. The number of carbonyl (C=O) groups is 1. The van der Waals surface area contributed by atoms with Crippen molar-refractivity contribution in [3.8, 4) is 17.6 Å². The van der Waals surface area contributed by atoms with Gasteiger partial charge in [0.15, 0.2) is 16.3 Å². The second-order valence-corrected chi connectivity index (χ2v) is 11.2. The lowest BCUT2D eigenvalue weighted by Crippen LogP contribution is -2.39. The summed E-state index contributed by atoms with van der Waals surface area (Å²) in [5.74, 6) is 0.191. The summed E-state index contributed by atoms with van der Waals surface area (Å²) in [4.78, 5) is 32.1. The number of rotatable bonds is 8. The highest BCUT2D eigenvalue weighted by atomic mass is 35.5. The fraction of sp³-hybridized carbons (Fsp3) is 0.212. The molecule has 0 unspecified atom stereocenters. The molecule has 4 aromatic rings. The molecule has 0 bridgehead atoms. The molecular formula is C33H28ClN3O5S. The first-order chi connectivity index (χ1) is 20.7. The summed E-state index contributed by atoms with van der Waals surface area (Å²) in [6.07, 6.45) is 1.71. The van der Waals surface area contributed by atoms with Crippen molar-refractivity contribution in [2.24, 2.45) is 4.99 Å². The average molecular weight is 614 g/mol. The van der Waals surface area contributed by atoms with Crippen molar-refractivity contribution in [3.05, 3.63) is 124 Å². The molecule has 10 heteroatoms. The maximum atomic E-state index is 13.9. The van der Waals surface area contributed by atoms with E-state index in [1.54, 1.807) is 48.8 Å². The van der Waals surface area contributed by atoms with E-state index in [1.807, 2.05) is 43.3 Å². The van der Waals surface area contributed by atoms with Gasteiger partial charge in [-0.05, 0) is 56.2 Å². The van der Waals surface area contributed by atoms with Gasteiger partial charge < -0.3 is 14.2 Å². The second kappa shape index (κ2) is 12.7. The van der Waals surface area contributed by atoms with E-state index in [9.17, 15) is 14.9 Å². The van der Waals surface area contributed by atoms with Gasteiger partial charge in [0.05, 0.1) is 52.2 Å². The highest BCUT2D eigenvalue weighted by molar-refractivity contribution is 7.07. The number of nitriles is 1. The minimum absolute atomic E-state index is 0.124. The molecule has 0 aliphatic carbocycles. The van der Waals surface area contributed by atoms with E-state index >= 15 is 0 Å². The van der Waals surface area contributed by atoms with Gasteiger partial charge in [-0.25, -0.2) is 9.79 Å². The lowest BCUT2D eigenvalue weighted by atomic mass is 9.95. The number of aromatic nitrogens is 1. The van der Waals surface area contributed by atoms with Crippen molar-refractivity contribution in [1.29, 1.82) is 5.26 Å². The Morgan fingerprint density at radius 3 is 2.60 bits per heavy atom. The van der Waals surface area contributed by atoms with Crippen LogP contribution in [-0.4, -0.2) is 24.3 Å². The summed E-state index contributed by atoms with van der Waals surface area (Å²) in [5.41, 5.74) is 4.21. The van der Waals surface area contributed by atoms with E-state index in [2.05, 4.69) is 11.1 Å². The van der Waals surface area contributed by atoms with Crippen LogP contribution in [0.3, 0.4) is 0 Å². The Labute approximate surface area is 257 Å². The van der Waals surface area contributed by atoms with Crippen molar-refractivity contribution in [1.82, 2.24) is 4.57 Å². The molecule has 0 saturated carbocycles. The van der Waals surface area contributed by atoms with Crippen LogP contribution in [0.15, 0.2) is 81.7 Å². The van der Waals surface area contributed by atoms with Crippen LogP contribution >= 0.6 is 22.9 Å². The van der Waals surface area contributed by atoms with E-state index in [0.717, 1.165) is 11.1 Å². The topological polar surface area (TPSA) is 103 Å². The normalized spacial score (nSPS) is 14.5. The van der Waals surface area contributed by atoms with Gasteiger partial charge in [0.25, 0.3) is 5.56 Å². The predicted molar refractivity (Wildman–Crippen MR) is 165 cm³/mol. The predicted octanol–water partition coefficient (Wildman–Crippen LogP) is 5.22. The molecule has 2 heterocycles. The summed E-state index contributed by atoms with van der Waals surface area (Å²) < 4.78 is 18.9. The molecule has 3 aromatic carbocycles. The third-order valence-corrected chi connectivity index (χ3v) is 8.23. The Balaban J connectivity index is 1.57. The summed E-state index contributed by atoms with van der Waals surface area (Å²) >= 11 is 7.85. The van der Waals surface area contributed by atoms with Crippen LogP contribution in [0.2, 0.25) is 5.02 Å². The Morgan fingerprint density at radius 1 is 1.16 bits per heavy atom. The van der Waals surface area contributed by atoms with Gasteiger partial charge in [0, 0.05) is 5.56 Å². The largest absolute Gasteiger partial charge is 0.493 e. The lowest BCUT2D eigenvalue weighted by molar-refractivity contribution is -0.139. The molecule has 1 aromatic heterocycles. The van der Waals surface area contributed by atoms with Gasteiger partial charge in [-0.15, -0.1) is 0 Å². The van der Waals surface area contributed by atoms with Crippen LogP contribution in [0.1, 0.15) is 47.7 Å². The average Bonchev–Trinajstić information content (AvgIpc) is 3.30. The first kappa shape index (κ1) is 29.8. The highest BCUT2D eigenvalue weighted by Gasteiger charge is 2.33. The van der Waals surface area contributed by atoms with Gasteiger partial charge in [-0.3, -0.25) is 9.36 Å². The molecule has 0 radical (unpaired) electrons. The number of aryl methyl sites for hydroxylation is 1. The van der Waals surface area contributed by atoms with E-state index in [0.29, 0.717) is 48.8 Å². The Morgan fingerprint density at radius 2 is 1.91 bits per heavy atom. The minimum Gasteiger partial charge on any atom is -0.493 e. The number of methoxy groups -OCH3 is 1. The van der Waals surface area contributed by atoms with Gasteiger partial charge in [-0.1, -0.05) is 71.0 Å². The van der Waals surface area contributed by atoms with Crippen LogP contribution in [0.5, 0.6) is 11.5 Å². The number of hydrogen-bond donors (Lipinski definition) is 0. The molecule has 43 heavy (non-hydrogen) atoms. The number of benzene rings is 3. The standard InChI is InChI=1S/C33H28ClN3O5S/c1-5-41-32(39)28-20(3)36-33-37(29(28)22-12-10-19(2)11-13-22)31(38)27(43-33)16-21-14-25(34)30(26(15-21)40-4)42-18-24-9-7-6-8-23(24)17-35/h6-16,29H,5,18H2,1-4H3/b27-16+/t29-/m0/s1. The quantitative estimate of drug-likeness (QED) is 0.253. The first-order valence-corrected chi connectivity index (χ1v) is 14.7. The maximum Gasteiger partial charge on any atom is 0.338 e. The molecule has 1 atom stereocenters. The third-order valence-electron chi connectivity index (χ3n) is 6.97. The summed E-state index contributed by atoms with van der Waals surface area (Å²) in [6.45, 7) is 5.80. The van der Waals surface area contributed by atoms with Gasteiger partial charge in [0.2, 0.25) is 0 Å². The number of esters is 1. The van der Waals surface area contributed by atoms with E-state index in [-0.39, 0.29) is 23.8 Å². The van der Waals surface area contributed by atoms with Gasteiger partial charge in [0.1, 0.15) is 6.61 Å². The van der Waals surface area contributed by atoms with Crippen LogP contribution in [0.25, 0.3) is 6.08 Å². The molecule has 1 aliphatic rings. The number of ether oxygens (including phenoxy) is 3. The van der Waals surface area contributed by atoms with E-state index in [1.165, 1.54) is 18.4 Å². The van der Waals surface area contributed by atoms with Crippen molar-refractivity contribution < 1.29 is 19.0 Å². The molecule has 8 nitrogen and oxygen atoms in total. The van der Waals surface area contributed by atoms with E-state index in [4.69, 9.17) is 25.8 Å². The summed E-state index contributed by atoms with van der Waals surface area (Å²) in [7, 11) is 1.50. The molecule has 5 rings (SSSR count). The SMILES string of the molecule is CCOC(=O)C1=C(C)N=c2s/c(=C/c3cc(Cl)c(OCc4ccccc4C#N)c(OC)c3)c(=O)n2[C@H]1c1ccc(C)cc1. The molecule has 0 N–H and O–H groups in total. The zero-order chi connectivity index (χ0) is 30.7. The van der Waals surface area contributed by atoms with Crippen LogP contribution in [0.4, 0.5) is 0 Å². The Kier molecular flexibility index (Phi) is 8.81. The van der Waals surface area contributed by atoms with Crippen molar-refractivity contribution >= 4 is 35.0 Å². The molecule has 0 fully saturated rings. The molecule has 0 amide bonds. The maximum absolute atomic E-state index is 13.9. The summed E-state index contributed by atoms with van der Waals surface area (Å²) in [5, 5.41) is 9.67. The van der Waals surface area contributed by atoms with Gasteiger partial charge >= 0.3 is 5.97 Å². The van der Waals surface area contributed by atoms with Crippen LogP contribution < -0.4 is 24.4 Å². The molecule has 218 valence electrons. The van der Waals surface area contributed by atoms with E-state index < -0.39 is 12.0 Å². The zero-order valence-electron chi connectivity index (χ0n) is 24.0. The van der Waals surface area contributed by atoms with Crippen molar-refractivity contribution in [2.45, 2.75) is 33.4 Å². The van der Waals surface area contributed by atoms with Crippen molar-refractivity contribution in [2.75, 3.05) is 13.7 Å². The fourth-order valence-corrected chi connectivity index (χ4v) is 6.20. The Bertz CT molecular complexity index is 1970. The zero-order valence-corrected chi connectivity index (χ0v) is 25.6. The smallest absolute Gasteiger partial charge is 0.338 e. The van der Waals surface area contributed by atoms with Crippen LogP contribution in [0, 0.1) is 18.3 Å². The molecular weight excluding hydrogens is 586 g/mol. The summed E-state index contributed by atoms with van der Waals surface area (Å²) in [6, 6.07) is 19.7. The number of fused-ring (bicyclic) bond motifs is 1. The number of carbonyl (C=O) groups excluding carboxylic acids is 1. The van der Waals surface area contributed by atoms with Crippen molar-refractivity contribution in [3.63, 3.8) is 0 Å². The number of nitrogens with zero attached hydrogens (tertiary/aromatic N) is 3. The first-order valence-electron chi connectivity index (χ1n) is 13.5. The monoisotopic (exact) mass is 613 g/mol. The lowest BCUT2D eigenvalue weighted by Gasteiger charge is -2.24. The number of halogens is 1. The Hall–Kier alpha value is -4.65. The molecule has 0 spiro atoms. The minimum atomic E-state index is -0.691. The number of allylic oxidation sites excluding steroid dienone is 1. The van der Waals surface area contributed by atoms with Gasteiger partial charge in [-0.2, -0.15) is 5.26 Å². The number of hydrogen-bond acceptors (Lipinski definition) is 8. The molecule has 0 saturated heterocycles. The number of thiazole rings is 1. The molecule has 1 aliphatic heterocycles. The fourth-order valence-electron chi connectivity index (χ4n) is 4.88. The highest BCUT2D eigenvalue weighted by Crippen LogP contribution is 2.37. The second-order valence-electron chi connectivity index (χ2n) is 9.80.